The Balaban J connectivity index is 2.56. The summed E-state index contributed by atoms with van der Waals surface area (Å²) in [6.07, 6.45) is 0.358. The van der Waals surface area contributed by atoms with Crippen molar-refractivity contribution < 1.29 is 9.53 Å². The number of aryl methyl sites for hydroxylation is 1. The number of ether oxygens (including phenoxy) is 1. The van der Waals surface area contributed by atoms with Crippen LogP contribution in [0.25, 0.3) is 0 Å². The zero-order valence-corrected chi connectivity index (χ0v) is 9.22. The Kier molecular flexibility index (Phi) is 3.97. The topological polar surface area (TPSA) is 64.1 Å². The highest BCUT2D eigenvalue weighted by Gasteiger charge is 2.13. The molecular formula is C8H13N3O2S. The molecule has 0 spiro atoms. The molecule has 1 amide bonds. The average molecular weight is 215 g/mol. The first kappa shape index (κ1) is 11.1. The Morgan fingerprint density at radius 2 is 2.36 bits per heavy atom. The minimum absolute atomic E-state index is 0.202. The van der Waals surface area contributed by atoms with Crippen LogP contribution in [0.2, 0.25) is 0 Å². The number of rotatable bonds is 4. The molecule has 78 valence electrons. The number of hydrogen-bond acceptors (Lipinski definition) is 5. The van der Waals surface area contributed by atoms with Gasteiger partial charge in [-0.2, -0.15) is 0 Å². The molecule has 1 unspecified atom stereocenters. The van der Waals surface area contributed by atoms with E-state index in [9.17, 15) is 4.79 Å². The predicted octanol–water partition coefficient (Wildman–Crippen LogP) is 1.07. The maximum Gasteiger partial charge on any atom is 0.255 e. The summed E-state index contributed by atoms with van der Waals surface area (Å²) in [6, 6.07) is 0. The van der Waals surface area contributed by atoms with E-state index in [-0.39, 0.29) is 5.91 Å². The first-order valence-corrected chi connectivity index (χ1v) is 5.15. The fraction of sp³-hybridized carbons (Fsp3) is 0.625. The van der Waals surface area contributed by atoms with Gasteiger partial charge in [0.05, 0.1) is 0 Å². The monoisotopic (exact) mass is 215 g/mol. The highest BCUT2D eigenvalue weighted by Crippen LogP contribution is 2.15. The standard InChI is InChI=1S/C8H13N3O2S/c1-4-6-10-11-8(14-6)9-7(12)5(2)13-3/h5H,4H2,1-3H3,(H,9,11,12). The molecule has 0 aliphatic heterocycles. The van der Waals surface area contributed by atoms with Crippen molar-refractivity contribution in [2.45, 2.75) is 26.4 Å². The molecule has 0 saturated heterocycles. The summed E-state index contributed by atoms with van der Waals surface area (Å²) in [5.41, 5.74) is 0. The van der Waals surface area contributed by atoms with Gasteiger partial charge in [-0.05, 0) is 13.3 Å². The molecule has 1 N–H and O–H groups in total. The van der Waals surface area contributed by atoms with Crippen LogP contribution in [0.15, 0.2) is 0 Å². The van der Waals surface area contributed by atoms with Gasteiger partial charge in [-0.15, -0.1) is 10.2 Å². The molecule has 0 aliphatic rings. The van der Waals surface area contributed by atoms with E-state index < -0.39 is 6.10 Å². The number of nitrogens with one attached hydrogen (secondary N) is 1. The van der Waals surface area contributed by atoms with Gasteiger partial charge >= 0.3 is 0 Å². The highest BCUT2D eigenvalue weighted by atomic mass is 32.1. The second-order valence-corrected chi connectivity index (χ2v) is 3.78. The molecule has 14 heavy (non-hydrogen) atoms. The SMILES string of the molecule is CCc1nnc(NC(=O)C(C)OC)s1. The van der Waals surface area contributed by atoms with Crippen molar-refractivity contribution in [3.8, 4) is 0 Å². The van der Waals surface area contributed by atoms with Crippen LogP contribution in [0.4, 0.5) is 5.13 Å². The Hall–Kier alpha value is -1.01. The van der Waals surface area contributed by atoms with E-state index in [0.29, 0.717) is 5.13 Å². The van der Waals surface area contributed by atoms with Crippen molar-refractivity contribution in [2.24, 2.45) is 0 Å². The summed E-state index contributed by atoms with van der Waals surface area (Å²) in [5, 5.41) is 11.8. The number of aromatic nitrogens is 2. The second kappa shape index (κ2) is 5.02. The highest BCUT2D eigenvalue weighted by molar-refractivity contribution is 7.15. The van der Waals surface area contributed by atoms with Crippen LogP contribution in [0, 0.1) is 0 Å². The lowest BCUT2D eigenvalue weighted by Gasteiger charge is -2.06. The van der Waals surface area contributed by atoms with Gasteiger partial charge in [0.1, 0.15) is 11.1 Å². The Morgan fingerprint density at radius 1 is 1.64 bits per heavy atom. The van der Waals surface area contributed by atoms with Crippen LogP contribution >= 0.6 is 11.3 Å². The number of hydrogen-bond donors (Lipinski definition) is 1. The molecule has 0 saturated carbocycles. The zero-order valence-electron chi connectivity index (χ0n) is 8.40. The minimum Gasteiger partial charge on any atom is -0.372 e. The van der Waals surface area contributed by atoms with Gasteiger partial charge in [-0.3, -0.25) is 10.1 Å². The van der Waals surface area contributed by atoms with Gasteiger partial charge in [-0.25, -0.2) is 0 Å². The Morgan fingerprint density at radius 3 is 2.86 bits per heavy atom. The zero-order chi connectivity index (χ0) is 10.6. The van der Waals surface area contributed by atoms with Gasteiger partial charge in [0.15, 0.2) is 0 Å². The Bertz CT molecular complexity index is 313. The van der Waals surface area contributed by atoms with E-state index in [0.717, 1.165) is 11.4 Å². The van der Waals surface area contributed by atoms with E-state index in [1.165, 1.54) is 18.4 Å². The van der Waals surface area contributed by atoms with Crippen molar-refractivity contribution in [1.82, 2.24) is 10.2 Å². The van der Waals surface area contributed by atoms with Crippen molar-refractivity contribution >= 4 is 22.4 Å². The lowest BCUT2D eigenvalue weighted by molar-refractivity contribution is -0.124. The number of nitrogens with zero attached hydrogens (tertiary/aromatic N) is 2. The maximum atomic E-state index is 11.3. The van der Waals surface area contributed by atoms with E-state index >= 15 is 0 Å². The summed E-state index contributed by atoms with van der Waals surface area (Å²) in [7, 11) is 1.49. The molecule has 1 heterocycles. The maximum absolute atomic E-state index is 11.3. The van der Waals surface area contributed by atoms with Gasteiger partial charge < -0.3 is 4.74 Å². The van der Waals surface area contributed by atoms with Crippen molar-refractivity contribution in [3.63, 3.8) is 0 Å². The number of carbonyl (C=O) groups is 1. The third-order valence-electron chi connectivity index (χ3n) is 1.72. The van der Waals surface area contributed by atoms with Crippen LogP contribution in [0.3, 0.4) is 0 Å². The molecule has 5 nitrogen and oxygen atoms in total. The molecular weight excluding hydrogens is 202 g/mol. The number of methoxy groups -OCH3 is 1. The van der Waals surface area contributed by atoms with Gasteiger partial charge in [0.2, 0.25) is 5.13 Å². The first-order valence-electron chi connectivity index (χ1n) is 4.33. The summed E-state index contributed by atoms with van der Waals surface area (Å²) in [5.74, 6) is -0.202. The molecule has 0 radical (unpaired) electrons. The lowest BCUT2D eigenvalue weighted by Crippen LogP contribution is -2.26. The van der Waals surface area contributed by atoms with Gasteiger partial charge in [0, 0.05) is 7.11 Å². The summed E-state index contributed by atoms with van der Waals surface area (Å²) < 4.78 is 4.86. The molecule has 1 rings (SSSR count). The molecule has 1 aromatic rings. The third kappa shape index (κ3) is 2.74. The molecule has 1 atom stereocenters. The molecule has 0 aromatic carbocycles. The summed E-state index contributed by atoms with van der Waals surface area (Å²) in [4.78, 5) is 11.3. The minimum atomic E-state index is -0.469. The smallest absolute Gasteiger partial charge is 0.255 e. The van der Waals surface area contributed by atoms with Crippen LogP contribution in [0.1, 0.15) is 18.9 Å². The van der Waals surface area contributed by atoms with Crippen LogP contribution in [-0.4, -0.2) is 29.3 Å². The summed E-state index contributed by atoms with van der Waals surface area (Å²) >= 11 is 1.38. The van der Waals surface area contributed by atoms with E-state index in [4.69, 9.17) is 4.74 Å². The van der Waals surface area contributed by atoms with Crippen LogP contribution < -0.4 is 5.32 Å². The van der Waals surface area contributed by atoms with Crippen molar-refractivity contribution in [1.29, 1.82) is 0 Å². The summed E-state index contributed by atoms with van der Waals surface area (Å²) in [6.45, 7) is 3.67. The quantitative estimate of drug-likeness (QED) is 0.816. The van der Waals surface area contributed by atoms with Crippen LogP contribution in [0.5, 0.6) is 0 Å². The van der Waals surface area contributed by atoms with Crippen molar-refractivity contribution in [2.75, 3.05) is 12.4 Å². The van der Waals surface area contributed by atoms with E-state index in [1.807, 2.05) is 6.92 Å². The van der Waals surface area contributed by atoms with E-state index in [2.05, 4.69) is 15.5 Å². The largest absolute Gasteiger partial charge is 0.372 e. The first-order chi connectivity index (χ1) is 6.67. The third-order valence-corrected chi connectivity index (χ3v) is 2.71. The molecule has 6 heteroatoms. The lowest BCUT2D eigenvalue weighted by atomic mass is 10.4. The predicted molar refractivity (Wildman–Crippen MR) is 54.4 cm³/mol. The number of amides is 1. The fourth-order valence-corrected chi connectivity index (χ4v) is 1.44. The second-order valence-electron chi connectivity index (χ2n) is 2.72. The molecule has 0 fully saturated rings. The van der Waals surface area contributed by atoms with Crippen molar-refractivity contribution in [3.05, 3.63) is 5.01 Å². The normalized spacial score (nSPS) is 12.5. The molecule has 0 aliphatic carbocycles. The average Bonchev–Trinajstić information content (AvgIpc) is 2.64. The van der Waals surface area contributed by atoms with Crippen LogP contribution in [-0.2, 0) is 16.0 Å². The Labute approximate surface area is 86.5 Å². The van der Waals surface area contributed by atoms with E-state index in [1.54, 1.807) is 6.92 Å². The fourth-order valence-electron chi connectivity index (χ4n) is 0.761. The van der Waals surface area contributed by atoms with Gasteiger partial charge in [-0.1, -0.05) is 18.3 Å². The molecule has 1 aromatic heterocycles. The number of anilines is 1. The number of carbonyl (C=O) groups excluding carboxylic acids is 1. The van der Waals surface area contributed by atoms with Gasteiger partial charge in [0.25, 0.3) is 5.91 Å². The molecule has 0 bridgehead atoms.